The van der Waals surface area contributed by atoms with Gasteiger partial charge in [-0.25, -0.2) is 0 Å². The third-order valence-electron chi connectivity index (χ3n) is 3.80. The molecule has 1 aromatic carbocycles. The summed E-state index contributed by atoms with van der Waals surface area (Å²) < 4.78 is 28.0. The predicted octanol–water partition coefficient (Wildman–Crippen LogP) is 5.09. The van der Waals surface area contributed by atoms with Crippen molar-refractivity contribution in [1.82, 2.24) is 0 Å². The normalized spacial score (nSPS) is 21.2. The SMILES string of the molecule is C=C(C)c1ccc(CC2CCCCC#CC2(F)F)cc1. The number of alkyl halides is 2. The first-order chi connectivity index (χ1) is 9.49. The van der Waals surface area contributed by atoms with Crippen molar-refractivity contribution in [3.05, 3.63) is 42.0 Å². The smallest absolute Gasteiger partial charge is 0.192 e. The Hall–Kier alpha value is -1.62. The van der Waals surface area contributed by atoms with E-state index in [9.17, 15) is 8.78 Å². The highest BCUT2D eigenvalue weighted by Gasteiger charge is 2.37. The first-order valence-electron chi connectivity index (χ1n) is 7.12. The van der Waals surface area contributed by atoms with Crippen LogP contribution in [0.15, 0.2) is 30.8 Å². The maximum atomic E-state index is 14.0. The molecule has 1 unspecified atom stereocenters. The van der Waals surface area contributed by atoms with Crippen molar-refractivity contribution >= 4 is 5.57 Å². The van der Waals surface area contributed by atoms with Gasteiger partial charge in [0, 0.05) is 12.3 Å². The lowest BCUT2D eigenvalue weighted by Gasteiger charge is -2.24. The zero-order valence-electron chi connectivity index (χ0n) is 11.9. The minimum atomic E-state index is -2.87. The minimum Gasteiger partial charge on any atom is -0.192 e. The summed E-state index contributed by atoms with van der Waals surface area (Å²) in [6, 6.07) is 7.74. The lowest BCUT2D eigenvalue weighted by Crippen LogP contribution is -2.29. The van der Waals surface area contributed by atoms with Crippen LogP contribution in [0.2, 0.25) is 0 Å². The van der Waals surface area contributed by atoms with Gasteiger partial charge in [0.1, 0.15) is 0 Å². The average molecular weight is 274 g/mol. The van der Waals surface area contributed by atoms with Crippen molar-refractivity contribution in [2.75, 3.05) is 0 Å². The fourth-order valence-electron chi connectivity index (χ4n) is 2.51. The molecule has 0 amide bonds. The molecule has 0 saturated carbocycles. The zero-order chi connectivity index (χ0) is 14.6. The lowest BCUT2D eigenvalue weighted by molar-refractivity contribution is -0.00442. The Morgan fingerprint density at radius 3 is 2.65 bits per heavy atom. The number of allylic oxidation sites excluding steroid dienone is 1. The molecule has 0 N–H and O–H groups in total. The fourth-order valence-corrected chi connectivity index (χ4v) is 2.51. The molecule has 0 radical (unpaired) electrons. The van der Waals surface area contributed by atoms with E-state index in [0.29, 0.717) is 19.3 Å². The maximum Gasteiger partial charge on any atom is 0.311 e. The summed E-state index contributed by atoms with van der Waals surface area (Å²) >= 11 is 0. The highest BCUT2D eigenvalue weighted by molar-refractivity contribution is 5.61. The first-order valence-corrected chi connectivity index (χ1v) is 7.12. The molecule has 0 spiro atoms. The molecule has 0 saturated heterocycles. The Kier molecular flexibility index (Phi) is 4.60. The standard InChI is InChI=1S/C18H20F2/c1-14(2)16-10-8-15(9-11-16)13-17-7-5-3-4-6-12-18(17,19)20/h8-11,17H,1,3-5,7,13H2,2H3. The number of hydrogen-bond donors (Lipinski definition) is 0. The summed E-state index contributed by atoms with van der Waals surface area (Å²) in [5.41, 5.74) is 2.98. The largest absolute Gasteiger partial charge is 0.311 e. The van der Waals surface area contributed by atoms with E-state index in [1.165, 1.54) is 0 Å². The van der Waals surface area contributed by atoms with Crippen LogP contribution in [0.5, 0.6) is 0 Å². The molecule has 0 fully saturated rings. The van der Waals surface area contributed by atoms with Crippen LogP contribution in [0.1, 0.15) is 43.7 Å². The van der Waals surface area contributed by atoms with Crippen molar-refractivity contribution in [1.29, 1.82) is 0 Å². The van der Waals surface area contributed by atoms with Gasteiger partial charge in [0.15, 0.2) is 0 Å². The minimum absolute atomic E-state index is 0.387. The van der Waals surface area contributed by atoms with Crippen LogP contribution in [0.3, 0.4) is 0 Å². The highest BCUT2D eigenvalue weighted by Crippen LogP contribution is 2.33. The van der Waals surface area contributed by atoms with Crippen molar-refractivity contribution in [2.24, 2.45) is 5.92 Å². The molecule has 20 heavy (non-hydrogen) atoms. The van der Waals surface area contributed by atoms with Crippen LogP contribution in [0.25, 0.3) is 5.57 Å². The molecular formula is C18H20F2. The lowest BCUT2D eigenvalue weighted by atomic mass is 9.87. The van der Waals surface area contributed by atoms with Crippen LogP contribution in [-0.4, -0.2) is 5.92 Å². The average Bonchev–Trinajstić information content (AvgIpc) is 2.40. The van der Waals surface area contributed by atoms with E-state index in [2.05, 4.69) is 18.4 Å². The summed E-state index contributed by atoms with van der Waals surface area (Å²) in [6.07, 6.45) is 3.28. The summed E-state index contributed by atoms with van der Waals surface area (Å²) in [4.78, 5) is 0. The topological polar surface area (TPSA) is 0 Å². The predicted molar refractivity (Wildman–Crippen MR) is 79.5 cm³/mol. The highest BCUT2D eigenvalue weighted by atomic mass is 19.3. The van der Waals surface area contributed by atoms with E-state index in [-0.39, 0.29) is 0 Å². The van der Waals surface area contributed by atoms with Crippen molar-refractivity contribution in [3.8, 4) is 11.8 Å². The van der Waals surface area contributed by atoms with E-state index >= 15 is 0 Å². The molecule has 1 aromatic rings. The monoisotopic (exact) mass is 274 g/mol. The molecule has 0 aliphatic heterocycles. The van der Waals surface area contributed by atoms with Gasteiger partial charge in [0.05, 0.1) is 0 Å². The van der Waals surface area contributed by atoms with Gasteiger partial charge in [-0.15, -0.1) is 0 Å². The molecule has 0 aromatic heterocycles. The second-order valence-corrected chi connectivity index (χ2v) is 5.55. The molecule has 2 rings (SSSR count). The molecule has 2 heteroatoms. The molecule has 1 aliphatic rings. The van der Waals surface area contributed by atoms with Gasteiger partial charge in [-0.1, -0.05) is 48.8 Å². The molecule has 0 nitrogen and oxygen atoms in total. The molecular weight excluding hydrogens is 254 g/mol. The third kappa shape index (κ3) is 3.70. The Morgan fingerprint density at radius 2 is 2.00 bits per heavy atom. The van der Waals surface area contributed by atoms with Crippen LogP contribution in [-0.2, 0) is 6.42 Å². The third-order valence-corrected chi connectivity index (χ3v) is 3.80. The van der Waals surface area contributed by atoms with Gasteiger partial charge in [-0.3, -0.25) is 0 Å². The number of rotatable bonds is 3. The van der Waals surface area contributed by atoms with Crippen LogP contribution >= 0.6 is 0 Å². The molecule has 106 valence electrons. The van der Waals surface area contributed by atoms with Crippen molar-refractivity contribution in [2.45, 2.75) is 45.0 Å². The number of hydrogen-bond acceptors (Lipinski definition) is 0. The van der Waals surface area contributed by atoms with Gasteiger partial charge in [0.2, 0.25) is 0 Å². The van der Waals surface area contributed by atoms with Crippen LogP contribution in [0, 0.1) is 17.8 Å². The Morgan fingerprint density at radius 1 is 1.30 bits per heavy atom. The van der Waals surface area contributed by atoms with E-state index < -0.39 is 11.8 Å². The fraction of sp³-hybridized carbons (Fsp3) is 0.444. The Bertz CT molecular complexity index is 529. The van der Waals surface area contributed by atoms with Crippen LogP contribution < -0.4 is 0 Å². The second kappa shape index (κ2) is 6.22. The molecule has 1 aliphatic carbocycles. The van der Waals surface area contributed by atoms with E-state index in [1.54, 1.807) is 0 Å². The summed E-state index contributed by atoms with van der Waals surface area (Å²) in [5.74, 6) is 1.23. The van der Waals surface area contributed by atoms with Gasteiger partial charge in [-0.2, -0.15) is 8.78 Å². The van der Waals surface area contributed by atoms with E-state index in [0.717, 1.165) is 29.5 Å². The van der Waals surface area contributed by atoms with Crippen molar-refractivity contribution < 1.29 is 8.78 Å². The van der Waals surface area contributed by atoms with Gasteiger partial charge in [0.25, 0.3) is 0 Å². The number of benzene rings is 1. The quantitative estimate of drug-likeness (QED) is 0.673. The van der Waals surface area contributed by atoms with Gasteiger partial charge < -0.3 is 0 Å². The molecule has 0 bridgehead atoms. The van der Waals surface area contributed by atoms with Gasteiger partial charge >= 0.3 is 5.92 Å². The summed E-state index contributed by atoms with van der Waals surface area (Å²) in [5, 5.41) is 0. The van der Waals surface area contributed by atoms with Crippen LogP contribution in [0.4, 0.5) is 8.78 Å². The Balaban J connectivity index is 2.13. The summed E-state index contributed by atoms with van der Waals surface area (Å²) in [6.45, 7) is 5.82. The first kappa shape index (κ1) is 14.8. The second-order valence-electron chi connectivity index (χ2n) is 5.55. The van der Waals surface area contributed by atoms with Gasteiger partial charge in [-0.05, 0) is 43.2 Å². The van der Waals surface area contributed by atoms with E-state index in [1.807, 2.05) is 31.2 Å². The van der Waals surface area contributed by atoms with Crippen molar-refractivity contribution in [3.63, 3.8) is 0 Å². The van der Waals surface area contributed by atoms with E-state index in [4.69, 9.17) is 0 Å². The Labute approximate surface area is 119 Å². The maximum absolute atomic E-state index is 14.0. The zero-order valence-corrected chi connectivity index (χ0v) is 11.9. The summed E-state index contributed by atoms with van der Waals surface area (Å²) in [7, 11) is 0. The molecule has 0 heterocycles. The number of halogens is 2. The molecule has 1 atom stereocenters.